The lowest BCUT2D eigenvalue weighted by Gasteiger charge is -2.18. The van der Waals surface area contributed by atoms with Gasteiger partial charge in [0.15, 0.2) is 6.10 Å². The Balaban J connectivity index is 4.11. The fraction of sp³-hybridized carbons (Fsp3) is 0.761. The first-order valence-corrected chi connectivity index (χ1v) is 33.1. The second-order valence-corrected chi connectivity index (χ2v) is 22.0. The van der Waals surface area contributed by atoms with E-state index in [1.165, 1.54) is 193 Å². The Labute approximate surface area is 477 Å². The van der Waals surface area contributed by atoms with Crippen LogP contribution in [-0.4, -0.2) is 37.2 Å². The molecule has 0 aromatic carbocycles. The van der Waals surface area contributed by atoms with E-state index in [4.69, 9.17) is 14.2 Å². The zero-order valence-electron chi connectivity index (χ0n) is 51.0. The molecule has 0 aliphatic rings. The lowest BCUT2D eigenvalue weighted by atomic mass is 10.0. The normalized spacial score (nSPS) is 12.6. The molecule has 0 aliphatic carbocycles. The Morgan fingerprint density at radius 1 is 0.273 bits per heavy atom. The third kappa shape index (κ3) is 63.3. The lowest BCUT2D eigenvalue weighted by Crippen LogP contribution is -2.30. The van der Waals surface area contributed by atoms with E-state index in [0.29, 0.717) is 19.3 Å². The van der Waals surface area contributed by atoms with Crippen LogP contribution < -0.4 is 0 Å². The van der Waals surface area contributed by atoms with Crippen molar-refractivity contribution in [1.82, 2.24) is 0 Å². The van der Waals surface area contributed by atoms with Gasteiger partial charge < -0.3 is 14.2 Å². The second kappa shape index (κ2) is 65.1. The van der Waals surface area contributed by atoms with Crippen LogP contribution in [0.4, 0.5) is 0 Å². The highest BCUT2D eigenvalue weighted by Gasteiger charge is 2.19. The number of carbonyl (C=O) groups excluding carboxylic acids is 3. The van der Waals surface area contributed by atoms with E-state index >= 15 is 0 Å². The first kappa shape index (κ1) is 73.6. The standard InChI is InChI=1S/C71H124O6/c1-4-7-10-13-16-19-22-24-26-27-28-29-30-31-32-33-34-35-36-37-38-39-40-41-42-43-45-46-49-52-55-58-61-64-70(73)76-67-68(66-75-69(72)63-60-57-54-51-48-21-18-15-12-9-6-3)77-71(74)65-62-59-56-53-50-47-44-25-23-20-17-14-11-8-5-2/h8,11,15,17-18,20,22,24-25,27-28,44,50,53,68H,4-7,9-10,12-14,16,19,21,23,26,29-43,45-49,51-52,54-67H2,1-3H3/b11-8-,18-15-,20-17-,24-22-,28-27-,44-25-,53-50-. The summed E-state index contributed by atoms with van der Waals surface area (Å²) in [5, 5.41) is 0. The fourth-order valence-electron chi connectivity index (χ4n) is 9.39. The summed E-state index contributed by atoms with van der Waals surface area (Å²) in [5.74, 6) is -0.935. The Hall–Kier alpha value is -3.41. The van der Waals surface area contributed by atoms with Gasteiger partial charge in [0, 0.05) is 19.3 Å². The molecule has 0 saturated heterocycles. The molecule has 0 bridgehead atoms. The maximum Gasteiger partial charge on any atom is 0.306 e. The maximum absolute atomic E-state index is 12.8. The monoisotopic (exact) mass is 1070 g/mol. The van der Waals surface area contributed by atoms with Gasteiger partial charge in [0.1, 0.15) is 13.2 Å². The predicted octanol–water partition coefficient (Wildman–Crippen LogP) is 22.7. The minimum atomic E-state index is -0.800. The van der Waals surface area contributed by atoms with E-state index in [2.05, 4.69) is 106 Å². The number of allylic oxidation sites excluding steroid dienone is 14. The second-order valence-electron chi connectivity index (χ2n) is 22.0. The number of esters is 3. The van der Waals surface area contributed by atoms with Crippen LogP contribution >= 0.6 is 0 Å². The van der Waals surface area contributed by atoms with Crippen molar-refractivity contribution in [2.75, 3.05) is 13.2 Å². The quantitative estimate of drug-likeness (QED) is 0.0261. The van der Waals surface area contributed by atoms with Crippen LogP contribution in [0.15, 0.2) is 85.1 Å². The van der Waals surface area contributed by atoms with Crippen molar-refractivity contribution < 1.29 is 28.6 Å². The maximum atomic E-state index is 12.8. The average molecular weight is 1070 g/mol. The van der Waals surface area contributed by atoms with E-state index < -0.39 is 6.10 Å². The number of unbranched alkanes of at least 4 members (excludes halogenated alkanes) is 35. The summed E-state index contributed by atoms with van der Waals surface area (Å²) < 4.78 is 16.8. The van der Waals surface area contributed by atoms with Gasteiger partial charge in [-0.25, -0.2) is 0 Å². The topological polar surface area (TPSA) is 78.9 Å². The van der Waals surface area contributed by atoms with E-state index in [0.717, 1.165) is 89.9 Å². The molecule has 6 nitrogen and oxygen atoms in total. The number of hydrogen-bond acceptors (Lipinski definition) is 6. The molecule has 0 radical (unpaired) electrons. The molecule has 444 valence electrons. The molecule has 0 saturated carbocycles. The van der Waals surface area contributed by atoms with Gasteiger partial charge in [0.2, 0.25) is 0 Å². The van der Waals surface area contributed by atoms with Crippen molar-refractivity contribution in [3.8, 4) is 0 Å². The molecule has 77 heavy (non-hydrogen) atoms. The van der Waals surface area contributed by atoms with E-state index in [1.807, 2.05) is 0 Å². The number of hydrogen-bond donors (Lipinski definition) is 0. The van der Waals surface area contributed by atoms with Crippen molar-refractivity contribution >= 4 is 17.9 Å². The zero-order valence-corrected chi connectivity index (χ0v) is 51.0. The number of ether oxygens (including phenoxy) is 3. The molecule has 1 atom stereocenters. The van der Waals surface area contributed by atoms with Crippen LogP contribution in [0.25, 0.3) is 0 Å². The van der Waals surface area contributed by atoms with Gasteiger partial charge in [-0.1, -0.05) is 286 Å². The summed E-state index contributed by atoms with van der Waals surface area (Å²) in [7, 11) is 0. The summed E-state index contributed by atoms with van der Waals surface area (Å²) in [6.07, 6.45) is 86.3. The third-order valence-electron chi connectivity index (χ3n) is 14.4. The van der Waals surface area contributed by atoms with E-state index in [1.54, 1.807) is 0 Å². The molecule has 0 N–H and O–H groups in total. The molecule has 0 aromatic heterocycles. The third-order valence-corrected chi connectivity index (χ3v) is 14.4. The van der Waals surface area contributed by atoms with Crippen molar-refractivity contribution in [1.29, 1.82) is 0 Å². The van der Waals surface area contributed by atoms with Crippen LogP contribution in [0.5, 0.6) is 0 Å². The lowest BCUT2D eigenvalue weighted by molar-refractivity contribution is -0.167. The highest BCUT2D eigenvalue weighted by atomic mass is 16.6. The Kier molecular flexibility index (Phi) is 62.2. The molecule has 0 spiro atoms. The van der Waals surface area contributed by atoms with Crippen LogP contribution in [0.3, 0.4) is 0 Å². The first-order valence-electron chi connectivity index (χ1n) is 33.1. The average Bonchev–Trinajstić information content (AvgIpc) is 3.43. The predicted molar refractivity (Wildman–Crippen MR) is 334 cm³/mol. The first-order chi connectivity index (χ1) is 38.0. The van der Waals surface area contributed by atoms with Crippen LogP contribution in [-0.2, 0) is 28.6 Å². The molecular weight excluding hydrogens is 949 g/mol. The zero-order chi connectivity index (χ0) is 55.7. The van der Waals surface area contributed by atoms with Crippen LogP contribution in [0.2, 0.25) is 0 Å². The van der Waals surface area contributed by atoms with Gasteiger partial charge in [0.25, 0.3) is 0 Å². The van der Waals surface area contributed by atoms with Crippen molar-refractivity contribution in [3.05, 3.63) is 85.1 Å². The minimum Gasteiger partial charge on any atom is -0.462 e. The minimum absolute atomic E-state index is 0.0933. The molecule has 0 heterocycles. The van der Waals surface area contributed by atoms with Gasteiger partial charge in [-0.15, -0.1) is 0 Å². The largest absolute Gasteiger partial charge is 0.462 e. The van der Waals surface area contributed by atoms with Gasteiger partial charge in [-0.2, -0.15) is 0 Å². The summed E-state index contributed by atoms with van der Waals surface area (Å²) in [4.78, 5) is 38.2. The summed E-state index contributed by atoms with van der Waals surface area (Å²) in [6.45, 7) is 6.46. The SMILES string of the molecule is CC/C=C\C/C=C\C/C=C\C/C=C\CCCCC(=O)OC(COC(=O)CCCCCCC/C=C\CCCC)COC(=O)CCCCCCCCCCCCCCCCCCCCCCC/C=C\C/C=C\CCCCCCC. The number of rotatable bonds is 60. The van der Waals surface area contributed by atoms with E-state index in [-0.39, 0.29) is 37.5 Å². The highest BCUT2D eigenvalue weighted by molar-refractivity contribution is 5.71. The van der Waals surface area contributed by atoms with Crippen molar-refractivity contribution in [2.45, 2.75) is 335 Å². The summed E-state index contributed by atoms with van der Waals surface area (Å²) in [5.41, 5.74) is 0. The van der Waals surface area contributed by atoms with Gasteiger partial charge >= 0.3 is 17.9 Å². The van der Waals surface area contributed by atoms with Crippen molar-refractivity contribution in [3.63, 3.8) is 0 Å². The molecule has 0 aromatic rings. The van der Waals surface area contributed by atoms with Crippen LogP contribution in [0, 0.1) is 0 Å². The summed E-state index contributed by atoms with van der Waals surface area (Å²) >= 11 is 0. The Morgan fingerprint density at radius 2 is 0.519 bits per heavy atom. The Morgan fingerprint density at radius 3 is 0.870 bits per heavy atom. The fourth-order valence-corrected chi connectivity index (χ4v) is 9.39. The van der Waals surface area contributed by atoms with Crippen molar-refractivity contribution in [2.24, 2.45) is 0 Å². The van der Waals surface area contributed by atoms with Gasteiger partial charge in [0.05, 0.1) is 0 Å². The smallest absolute Gasteiger partial charge is 0.306 e. The molecule has 0 amide bonds. The molecule has 1 unspecified atom stereocenters. The van der Waals surface area contributed by atoms with Crippen LogP contribution in [0.1, 0.15) is 329 Å². The van der Waals surface area contributed by atoms with Gasteiger partial charge in [-0.3, -0.25) is 14.4 Å². The summed E-state index contributed by atoms with van der Waals surface area (Å²) in [6, 6.07) is 0. The van der Waals surface area contributed by atoms with E-state index in [9.17, 15) is 14.4 Å². The Bertz CT molecular complexity index is 1470. The van der Waals surface area contributed by atoms with Gasteiger partial charge in [-0.05, 0) is 109 Å². The highest BCUT2D eigenvalue weighted by Crippen LogP contribution is 2.17. The molecular formula is C71H124O6. The molecule has 0 aliphatic heterocycles. The molecule has 6 heteroatoms. The number of carbonyl (C=O) groups is 3. The molecule has 0 rings (SSSR count). The molecule has 0 fully saturated rings.